The Bertz CT molecular complexity index is 868. The first-order valence-corrected chi connectivity index (χ1v) is 8.69. The van der Waals surface area contributed by atoms with Gasteiger partial charge in [0.25, 0.3) is 5.91 Å². The second-order valence-electron chi connectivity index (χ2n) is 5.71. The highest BCUT2D eigenvalue weighted by Gasteiger charge is 2.10. The number of nitrogens with zero attached hydrogens (tertiary/aromatic N) is 2. The van der Waals surface area contributed by atoms with Gasteiger partial charge >= 0.3 is 0 Å². The van der Waals surface area contributed by atoms with Gasteiger partial charge < -0.3 is 10.2 Å². The van der Waals surface area contributed by atoms with Crippen molar-refractivity contribution >= 4 is 33.3 Å². The summed E-state index contributed by atoms with van der Waals surface area (Å²) >= 11 is 3.40. The highest BCUT2D eigenvalue weighted by molar-refractivity contribution is 9.10. The number of rotatable bonds is 5. The van der Waals surface area contributed by atoms with Crippen molar-refractivity contribution in [1.29, 1.82) is 0 Å². The van der Waals surface area contributed by atoms with Gasteiger partial charge in [0.15, 0.2) is 0 Å². The average Bonchev–Trinajstić information content (AvgIpc) is 2.62. The Balaban J connectivity index is 1.73. The van der Waals surface area contributed by atoms with E-state index in [0.717, 1.165) is 22.5 Å². The normalized spacial score (nSPS) is 10.3. The van der Waals surface area contributed by atoms with Gasteiger partial charge in [0, 0.05) is 35.5 Å². The molecule has 0 saturated heterocycles. The minimum Gasteiger partial charge on any atom is -0.355 e. The monoisotopic (exact) mass is 395 g/mol. The van der Waals surface area contributed by atoms with Crippen LogP contribution in [0.3, 0.4) is 0 Å². The molecule has 0 bridgehead atoms. The molecule has 25 heavy (non-hydrogen) atoms. The number of benzene rings is 2. The number of anilines is 2. The quantitative estimate of drug-likeness (QED) is 0.678. The van der Waals surface area contributed by atoms with Crippen LogP contribution in [-0.4, -0.2) is 17.9 Å². The molecule has 1 heterocycles. The summed E-state index contributed by atoms with van der Waals surface area (Å²) in [7, 11) is 1.96. The molecular formula is C20H18BrN3O. The molecule has 3 aromatic rings. The minimum atomic E-state index is -0.158. The van der Waals surface area contributed by atoms with E-state index in [4.69, 9.17) is 0 Å². The fourth-order valence-electron chi connectivity index (χ4n) is 2.48. The summed E-state index contributed by atoms with van der Waals surface area (Å²) in [6.07, 6.45) is 1.66. The SMILES string of the molecule is CN(Cc1ccccc1)c1cc(C(=O)Nc2cccc(Br)c2)ccn1. The summed E-state index contributed by atoms with van der Waals surface area (Å²) in [4.78, 5) is 18.9. The summed E-state index contributed by atoms with van der Waals surface area (Å²) in [5.41, 5.74) is 2.51. The number of carbonyl (C=O) groups excluding carboxylic acids is 1. The molecule has 0 radical (unpaired) electrons. The predicted octanol–water partition coefficient (Wildman–Crippen LogP) is 4.73. The molecule has 4 nitrogen and oxygen atoms in total. The molecule has 5 heteroatoms. The number of hydrogen-bond acceptors (Lipinski definition) is 3. The topological polar surface area (TPSA) is 45.2 Å². The van der Waals surface area contributed by atoms with Crippen molar-refractivity contribution in [2.24, 2.45) is 0 Å². The van der Waals surface area contributed by atoms with Crippen LogP contribution in [0, 0.1) is 0 Å². The Morgan fingerprint density at radius 1 is 1.08 bits per heavy atom. The molecular weight excluding hydrogens is 378 g/mol. The second kappa shape index (κ2) is 7.94. The highest BCUT2D eigenvalue weighted by atomic mass is 79.9. The lowest BCUT2D eigenvalue weighted by molar-refractivity contribution is 0.102. The standard InChI is InChI=1S/C20H18BrN3O/c1-24(14-15-6-3-2-4-7-15)19-12-16(10-11-22-19)20(25)23-18-9-5-8-17(21)13-18/h2-13H,14H2,1H3,(H,23,25). The van der Waals surface area contributed by atoms with Gasteiger partial charge in [-0.2, -0.15) is 0 Å². The van der Waals surface area contributed by atoms with Gasteiger partial charge in [-0.25, -0.2) is 4.98 Å². The number of amides is 1. The molecule has 2 aromatic carbocycles. The lowest BCUT2D eigenvalue weighted by Crippen LogP contribution is -2.19. The van der Waals surface area contributed by atoms with Crippen LogP contribution in [0.5, 0.6) is 0 Å². The van der Waals surface area contributed by atoms with Crippen molar-refractivity contribution in [3.63, 3.8) is 0 Å². The number of pyridine rings is 1. The van der Waals surface area contributed by atoms with Gasteiger partial charge in [0.05, 0.1) is 0 Å². The number of hydrogen-bond donors (Lipinski definition) is 1. The van der Waals surface area contributed by atoms with E-state index >= 15 is 0 Å². The van der Waals surface area contributed by atoms with E-state index < -0.39 is 0 Å². The smallest absolute Gasteiger partial charge is 0.255 e. The van der Waals surface area contributed by atoms with Crippen LogP contribution >= 0.6 is 15.9 Å². The highest BCUT2D eigenvalue weighted by Crippen LogP contribution is 2.18. The Morgan fingerprint density at radius 2 is 1.88 bits per heavy atom. The zero-order chi connectivity index (χ0) is 17.6. The summed E-state index contributed by atoms with van der Waals surface area (Å²) in [6.45, 7) is 0.727. The van der Waals surface area contributed by atoms with Gasteiger partial charge in [-0.15, -0.1) is 0 Å². The van der Waals surface area contributed by atoms with E-state index in [2.05, 4.69) is 38.4 Å². The molecule has 126 valence electrons. The first-order valence-electron chi connectivity index (χ1n) is 7.90. The maximum Gasteiger partial charge on any atom is 0.255 e. The van der Waals surface area contributed by atoms with Crippen molar-refractivity contribution in [1.82, 2.24) is 4.98 Å². The second-order valence-corrected chi connectivity index (χ2v) is 6.62. The fraction of sp³-hybridized carbons (Fsp3) is 0.100. The van der Waals surface area contributed by atoms with E-state index in [1.807, 2.05) is 54.4 Å². The molecule has 0 aliphatic rings. The zero-order valence-corrected chi connectivity index (χ0v) is 15.4. The molecule has 0 aliphatic carbocycles. The van der Waals surface area contributed by atoms with Crippen LogP contribution in [0.25, 0.3) is 0 Å². The summed E-state index contributed by atoms with van der Waals surface area (Å²) in [5, 5.41) is 2.90. The lowest BCUT2D eigenvalue weighted by atomic mass is 10.2. The molecule has 0 spiro atoms. The minimum absolute atomic E-state index is 0.158. The maximum atomic E-state index is 12.5. The van der Waals surface area contributed by atoms with Gasteiger partial charge in [-0.05, 0) is 35.9 Å². The van der Waals surface area contributed by atoms with E-state index in [9.17, 15) is 4.79 Å². The summed E-state index contributed by atoms with van der Waals surface area (Å²) < 4.78 is 0.920. The van der Waals surface area contributed by atoms with Crippen molar-refractivity contribution in [2.75, 3.05) is 17.3 Å². The van der Waals surface area contributed by atoms with Crippen LogP contribution < -0.4 is 10.2 Å². The molecule has 0 fully saturated rings. The first-order chi connectivity index (χ1) is 12.1. The number of aromatic nitrogens is 1. The van der Waals surface area contributed by atoms with Crippen LogP contribution in [0.2, 0.25) is 0 Å². The van der Waals surface area contributed by atoms with Crippen molar-refractivity contribution < 1.29 is 4.79 Å². The van der Waals surface area contributed by atoms with Crippen molar-refractivity contribution in [2.45, 2.75) is 6.54 Å². The van der Waals surface area contributed by atoms with Crippen LogP contribution in [-0.2, 0) is 6.54 Å². The molecule has 0 aliphatic heterocycles. The molecule has 0 atom stereocenters. The number of halogens is 1. The largest absolute Gasteiger partial charge is 0.355 e. The third-order valence-corrected chi connectivity index (χ3v) is 4.24. The van der Waals surface area contributed by atoms with Crippen LogP contribution in [0.4, 0.5) is 11.5 Å². The maximum absolute atomic E-state index is 12.5. The third-order valence-electron chi connectivity index (χ3n) is 3.74. The summed E-state index contributed by atoms with van der Waals surface area (Å²) in [5.74, 6) is 0.598. The van der Waals surface area contributed by atoms with E-state index in [-0.39, 0.29) is 5.91 Å². The average molecular weight is 396 g/mol. The molecule has 0 unspecified atom stereocenters. The van der Waals surface area contributed by atoms with Gasteiger partial charge in [0.2, 0.25) is 0 Å². The van der Waals surface area contributed by atoms with Gasteiger partial charge in [0.1, 0.15) is 5.82 Å². The Labute approximate surface area is 155 Å². The first kappa shape index (κ1) is 17.2. The Kier molecular flexibility index (Phi) is 5.46. The third kappa shape index (κ3) is 4.67. The van der Waals surface area contributed by atoms with Gasteiger partial charge in [-0.3, -0.25) is 4.79 Å². The molecule has 0 saturated carbocycles. The summed E-state index contributed by atoms with van der Waals surface area (Å²) in [6, 6.07) is 21.2. The zero-order valence-electron chi connectivity index (χ0n) is 13.8. The van der Waals surface area contributed by atoms with E-state index in [1.165, 1.54) is 5.56 Å². The van der Waals surface area contributed by atoms with E-state index in [0.29, 0.717) is 5.56 Å². The van der Waals surface area contributed by atoms with Gasteiger partial charge in [-0.1, -0.05) is 52.3 Å². The molecule has 1 N–H and O–H groups in total. The fourth-order valence-corrected chi connectivity index (χ4v) is 2.88. The lowest BCUT2D eigenvalue weighted by Gasteiger charge is -2.18. The van der Waals surface area contributed by atoms with E-state index in [1.54, 1.807) is 18.3 Å². The number of nitrogens with one attached hydrogen (secondary N) is 1. The van der Waals surface area contributed by atoms with Crippen LogP contribution in [0.15, 0.2) is 77.4 Å². The predicted molar refractivity (Wildman–Crippen MR) is 105 cm³/mol. The molecule has 3 rings (SSSR count). The van der Waals surface area contributed by atoms with Crippen molar-refractivity contribution in [3.05, 3.63) is 88.5 Å². The molecule has 1 amide bonds. The van der Waals surface area contributed by atoms with Crippen molar-refractivity contribution in [3.8, 4) is 0 Å². The Hall–Kier alpha value is -2.66. The Morgan fingerprint density at radius 3 is 2.64 bits per heavy atom. The van der Waals surface area contributed by atoms with Crippen LogP contribution in [0.1, 0.15) is 15.9 Å². The number of carbonyl (C=O) groups is 1. The molecule has 1 aromatic heterocycles.